The van der Waals surface area contributed by atoms with Gasteiger partial charge in [0.25, 0.3) is 0 Å². The molecule has 98 valence electrons. The number of nitrogens with two attached hydrogens (primary N) is 2. The standard InChI is InChI=1S/C13H20N4O/c1-9(14)11-3-2-6-16-13(11)17-7-4-10(5-8-17)12(15)18/h2-3,6,9-10H,4-5,7-8,14H2,1H3,(H2,15,18). The van der Waals surface area contributed by atoms with E-state index in [0.717, 1.165) is 37.3 Å². The smallest absolute Gasteiger partial charge is 0.220 e. The molecule has 5 heteroatoms. The van der Waals surface area contributed by atoms with Crippen molar-refractivity contribution in [1.82, 2.24) is 4.98 Å². The molecule has 18 heavy (non-hydrogen) atoms. The first kappa shape index (κ1) is 12.8. The summed E-state index contributed by atoms with van der Waals surface area (Å²) in [7, 11) is 0. The van der Waals surface area contributed by atoms with Gasteiger partial charge in [0.2, 0.25) is 5.91 Å². The molecular weight excluding hydrogens is 228 g/mol. The highest BCUT2D eigenvalue weighted by molar-refractivity contribution is 5.77. The van der Waals surface area contributed by atoms with Gasteiger partial charge in [-0.1, -0.05) is 6.07 Å². The number of piperidine rings is 1. The van der Waals surface area contributed by atoms with Crippen LogP contribution in [0.5, 0.6) is 0 Å². The SMILES string of the molecule is CC(N)c1cccnc1N1CCC(C(N)=O)CC1. The van der Waals surface area contributed by atoms with Crippen molar-refractivity contribution in [2.24, 2.45) is 17.4 Å². The van der Waals surface area contributed by atoms with Crippen LogP contribution >= 0.6 is 0 Å². The van der Waals surface area contributed by atoms with Crippen LogP contribution in [0.4, 0.5) is 5.82 Å². The zero-order valence-electron chi connectivity index (χ0n) is 10.7. The number of hydrogen-bond donors (Lipinski definition) is 2. The van der Waals surface area contributed by atoms with E-state index in [2.05, 4.69) is 9.88 Å². The van der Waals surface area contributed by atoms with Crippen molar-refractivity contribution in [3.05, 3.63) is 23.9 Å². The Kier molecular flexibility index (Phi) is 3.81. The first-order valence-corrected chi connectivity index (χ1v) is 6.34. The van der Waals surface area contributed by atoms with Gasteiger partial charge in [-0.05, 0) is 25.8 Å². The molecule has 1 aliphatic rings. The van der Waals surface area contributed by atoms with Gasteiger partial charge in [0.1, 0.15) is 5.82 Å². The molecule has 5 nitrogen and oxygen atoms in total. The predicted molar refractivity (Wildman–Crippen MR) is 71.0 cm³/mol. The van der Waals surface area contributed by atoms with Gasteiger partial charge in [0.05, 0.1) is 0 Å². The molecule has 1 aromatic heterocycles. The molecule has 1 aliphatic heterocycles. The minimum atomic E-state index is -0.192. The first-order valence-electron chi connectivity index (χ1n) is 6.34. The summed E-state index contributed by atoms with van der Waals surface area (Å²) in [6.07, 6.45) is 3.37. The highest BCUT2D eigenvalue weighted by Crippen LogP contribution is 2.26. The summed E-state index contributed by atoms with van der Waals surface area (Å²) in [5, 5.41) is 0. The van der Waals surface area contributed by atoms with E-state index < -0.39 is 0 Å². The van der Waals surface area contributed by atoms with Crippen molar-refractivity contribution in [3.8, 4) is 0 Å². The molecule has 0 aliphatic carbocycles. The molecule has 0 aromatic carbocycles. The molecule has 1 fully saturated rings. The Morgan fingerprint density at radius 2 is 2.17 bits per heavy atom. The maximum Gasteiger partial charge on any atom is 0.220 e. The average molecular weight is 248 g/mol. The number of primary amides is 1. The summed E-state index contributed by atoms with van der Waals surface area (Å²) in [6.45, 7) is 3.57. The van der Waals surface area contributed by atoms with Crippen molar-refractivity contribution in [3.63, 3.8) is 0 Å². The summed E-state index contributed by atoms with van der Waals surface area (Å²) in [4.78, 5) is 17.8. The molecule has 0 spiro atoms. The molecule has 1 saturated heterocycles. The van der Waals surface area contributed by atoms with E-state index in [1.54, 1.807) is 6.20 Å². The lowest BCUT2D eigenvalue weighted by atomic mass is 9.96. The third kappa shape index (κ3) is 2.61. The van der Waals surface area contributed by atoms with Crippen LogP contribution in [0.3, 0.4) is 0 Å². The van der Waals surface area contributed by atoms with Gasteiger partial charge in [-0.25, -0.2) is 4.98 Å². The second kappa shape index (κ2) is 5.35. The zero-order chi connectivity index (χ0) is 13.1. The second-order valence-electron chi connectivity index (χ2n) is 4.87. The van der Waals surface area contributed by atoms with E-state index in [0.29, 0.717) is 0 Å². The summed E-state index contributed by atoms with van der Waals surface area (Å²) < 4.78 is 0. The number of amides is 1. The van der Waals surface area contributed by atoms with Gasteiger partial charge in [-0.3, -0.25) is 4.79 Å². The third-order valence-electron chi connectivity index (χ3n) is 3.50. The highest BCUT2D eigenvalue weighted by atomic mass is 16.1. The van der Waals surface area contributed by atoms with E-state index in [1.165, 1.54) is 0 Å². The Labute approximate surface area is 107 Å². The summed E-state index contributed by atoms with van der Waals surface area (Å²) in [5.41, 5.74) is 12.3. The van der Waals surface area contributed by atoms with Gasteiger partial charge >= 0.3 is 0 Å². The largest absolute Gasteiger partial charge is 0.369 e. The quantitative estimate of drug-likeness (QED) is 0.828. The molecule has 0 bridgehead atoms. The minimum Gasteiger partial charge on any atom is -0.369 e. The fraction of sp³-hybridized carbons (Fsp3) is 0.538. The Hall–Kier alpha value is -1.62. The Morgan fingerprint density at radius 1 is 1.50 bits per heavy atom. The van der Waals surface area contributed by atoms with Crippen molar-refractivity contribution in [2.45, 2.75) is 25.8 Å². The lowest BCUT2D eigenvalue weighted by Gasteiger charge is -2.33. The number of anilines is 1. The molecule has 0 saturated carbocycles. The molecule has 2 heterocycles. The molecule has 1 unspecified atom stereocenters. The van der Waals surface area contributed by atoms with Crippen LogP contribution in [-0.2, 0) is 4.79 Å². The molecule has 2 rings (SSSR count). The molecule has 1 amide bonds. The first-order chi connectivity index (χ1) is 8.59. The number of rotatable bonds is 3. The summed E-state index contributed by atoms with van der Waals surface area (Å²) >= 11 is 0. The summed E-state index contributed by atoms with van der Waals surface area (Å²) in [6, 6.07) is 3.87. The van der Waals surface area contributed by atoms with Gasteiger partial charge < -0.3 is 16.4 Å². The normalized spacial score (nSPS) is 18.7. The number of carbonyl (C=O) groups is 1. The Balaban J connectivity index is 2.12. The number of aromatic nitrogens is 1. The predicted octanol–water partition coefficient (Wildman–Crippen LogP) is 0.803. The average Bonchev–Trinajstić information content (AvgIpc) is 2.39. The highest BCUT2D eigenvalue weighted by Gasteiger charge is 2.25. The number of hydrogen-bond acceptors (Lipinski definition) is 4. The van der Waals surface area contributed by atoms with E-state index in [9.17, 15) is 4.79 Å². The van der Waals surface area contributed by atoms with Crippen LogP contribution in [0.15, 0.2) is 18.3 Å². The lowest BCUT2D eigenvalue weighted by molar-refractivity contribution is -0.122. The van der Waals surface area contributed by atoms with Crippen LogP contribution in [0.25, 0.3) is 0 Å². The number of nitrogens with zero attached hydrogens (tertiary/aromatic N) is 2. The maximum absolute atomic E-state index is 11.1. The van der Waals surface area contributed by atoms with E-state index in [4.69, 9.17) is 11.5 Å². The minimum absolute atomic E-state index is 0.00344. The monoisotopic (exact) mass is 248 g/mol. The molecule has 1 aromatic rings. The van der Waals surface area contributed by atoms with E-state index >= 15 is 0 Å². The van der Waals surface area contributed by atoms with Crippen LogP contribution in [-0.4, -0.2) is 24.0 Å². The van der Waals surface area contributed by atoms with Crippen LogP contribution in [0.2, 0.25) is 0 Å². The van der Waals surface area contributed by atoms with Crippen LogP contribution in [0, 0.1) is 5.92 Å². The van der Waals surface area contributed by atoms with Crippen molar-refractivity contribution in [1.29, 1.82) is 0 Å². The Bertz CT molecular complexity index is 425. The second-order valence-corrected chi connectivity index (χ2v) is 4.87. The topological polar surface area (TPSA) is 85.2 Å². The van der Waals surface area contributed by atoms with Gasteiger partial charge in [0.15, 0.2) is 0 Å². The maximum atomic E-state index is 11.1. The fourth-order valence-corrected chi connectivity index (χ4v) is 2.40. The molecule has 4 N–H and O–H groups in total. The van der Waals surface area contributed by atoms with Gasteiger partial charge in [0, 0.05) is 36.8 Å². The Morgan fingerprint density at radius 3 is 2.72 bits per heavy atom. The molecule has 0 radical (unpaired) electrons. The fourth-order valence-electron chi connectivity index (χ4n) is 2.40. The molecule has 1 atom stereocenters. The van der Waals surface area contributed by atoms with Crippen LogP contribution in [0.1, 0.15) is 31.4 Å². The van der Waals surface area contributed by atoms with E-state index in [1.807, 2.05) is 19.1 Å². The van der Waals surface area contributed by atoms with E-state index in [-0.39, 0.29) is 17.9 Å². The third-order valence-corrected chi connectivity index (χ3v) is 3.50. The number of pyridine rings is 1. The molecular formula is C13H20N4O. The van der Waals surface area contributed by atoms with Gasteiger partial charge in [-0.2, -0.15) is 0 Å². The van der Waals surface area contributed by atoms with Crippen molar-refractivity contribution in [2.75, 3.05) is 18.0 Å². The van der Waals surface area contributed by atoms with Gasteiger partial charge in [-0.15, -0.1) is 0 Å². The lowest BCUT2D eigenvalue weighted by Crippen LogP contribution is -2.39. The van der Waals surface area contributed by atoms with Crippen LogP contribution < -0.4 is 16.4 Å². The van der Waals surface area contributed by atoms with Crippen molar-refractivity contribution >= 4 is 11.7 Å². The number of carbonyl (C=O) groups excluding carboxylic acids is 1. The summed E-state index contributed by atoms with van der Waals surface area (Å²) in [5.74, 6) is 0.752. The zero-order valence-corrected chi connectivity index (χ0v) is 10.7. The van der Waals surface area contributed by atoms with Crippen molar-refractivity contribution < 1.29 is 4.79 Å².